The van der Waals surface area contributed by atoms with E-state index in [1.165, 1.54) is 6.07 Å². The number of carbonyl (C=O) groups is 1. The number of nitrogens with one attached hydrogen (secondary N) is 1. The fraction of sp³-hybridized carbons (Fsp3) is 0.0714. The van der Waals surface area contributed by atoms with Gasteiger partial charge in [0.05, 0.1) is 0 Å². The van der Waals surface area contributed by atoms with Gasteiger partial charge in [0.2, 0.25) is 12.7 Å². The number of fused-ring (bicyclic) bond motifs is 1. The second kappa shape index (κ2) is 5.43. The van der Waals surface area contributed by atoms with E-state index in [9.17, 15) is 4.79 Å². The van der Waals surface area contributed by atoms with E-state index in [4.69, 9.17) is 18.3 Å². The lowest BCUT2D eigenvalue weighted by atomic mass is 10.2. The van der Waals surface area contributed by atoms with Crippen LogP contribution >= 0.6 is 15.9 Å². The molecule has 0 saturated heterocycles. The standard InChI is InChI=1S/C14H8BrN3O5/c15-11-4-3-9(22-11)12(19)16-14-18-17-13(23-14)7-1-2-8-10(5-7)21-6-20-8/h1-5H,6H2,(H,16,18,19). The average Bonchev–Trinajstić information content (AvgIpc) is 3.26. The van der Waals surface area contributed by atoms with Crippen molar-refractivity contribution in [2.45, 2.75) is 0 Å². The minimum Gasteiger partial charge on any atom is -0.454 e. The summed E-state index contributed by atoms with van der Waals surface area (Å²) in [6.07, 6.45) is 0. The zero-order valence-corrected chi connectivity index (χ0v) is 13.0. The maximum Gasteiger partial charge on any atom is 0.322 e. The van der Waals surface area contributed by atoms with E-state index in [1.54, 1.807) is 24.3 Å². The molecule has 9 heteroatoms. The Kier molecular flexibility index (Phi) is 3.27. The predicted octanol–water partition coefficient (Wildman–Crippen LogP) is 3.07. The topological polar surface area (TPSA) is 99.6 Å². The van der Waals surface area contributed by atoms with Crippen LogP contribution in [0.3, 0.4) is 0 Å². The highest BCUT2D eigenvalue weighted by Gasteiger charge is 2.18. The Labute approximate surface area is 137 Å². The molecule has 0 fully saturated rings. The van der Waals surface area contributed by atoms with Crippen molar-refractivity contribution >= 4 is 27.9 Å². The third kappa shape index (κ3) is 2.66. The van der Waals surface area contributed by atoms with Crippen molar-refractivity contribution in [3.05, 3.63) is 40.8 Å². The van der Waals surface area contributed by atoms with Gasteiger partial charge in [-0.1, -0.05) is 5.10 Å². The molecule has 0 radical (unpaired) electrons. The monoisotopic (exact) mass is 377 g/mol. The summed E-state index contributed by atoms with van der Waals surface area (Å²) in [5.74, 6) is 1.15. The van der Waals surface area contributed by atoms with Crippen LogP contribution in [0.1, 0.15) is 10.6 Å². The first kappa shape index (κ1) is 13.8. The maximum atomic E-state index is 11.9. The second-order valence-electron chi connectivity index (χ2n) is 4.54. The second-order valence-corrected chi connectivity index (χ2v) is 5.32. The molecule has 4 rings (SSSR count). The Balaban J connectivity index is 1.54. The van der Waals surface area contributed by atoms with E-state index in [1.807, 2.05) is 0 Å². The minimum atomic E-state index is -0.489. The highest BCUT2D eigenvalue weighted by atomic mass is 79.9. The van der Waals surface area contributed by atoms with Crippen molar-refractivity contribution in [3.63, 3.8) is 0 Å². The van der Waals surface area contributed by atoms with Crippen molar-refractivity contribution < 1.29 is 23.1 Å². The molecule has 0 spiro atoms. The molecule has 23 heavy (non-hydrogen) atoms. The lowest BCUT2D eigenvalue weighted by Gasteiger charge is -1.98. The van der Waals surface area contributed by atoms with Gasteiger partial charge < -0.3 is 18.3 Å². The predicted molar refractivity (Wildman–Crippen MR) is 80.2 cm³/mol. The summed E-state index contributed by atoms with van der Waals surface area (Å²) < 4.78 is 21.6. The lowest BCUT2D eigenvalue weighted by Crippen LogP contribution is -2.10. The molecule has 0 saturated carbocycles. The van der Waals surface area contributed by atoms with Gasteiger partial charge in [-0.05, 0) is 46.3 Å². The maximum absolute atomic E-state index is 11.9. The number of aromatic nitrogens is 2. The quantitative estimate of drug-likeness (QED) is 0.748. The Morgan fingerprint density at radius 2 is 1.96 bits per heavy atom. The van der Waals surface area contributed by atoms with Crippen LogP contribution in [0.15, 0.2) is 43.8 Å². The largest absolute Gasteiger partial charge is 0.454 e. The third-order valence-electron chi connectivity index (χ3n) is 3.06. The zero-order chi connectivity index (χ0) is 15.8. The number of halogens is 1. The molecule has 1 aliphatic rings. The molecule has 1 amide bonds. The number of amides is 1. The van der Waals surface area contributed by atoms with Crippen molar-refractivity contribution in [1.82, 2.24) is 10.2 Å². The number of benzene rings is 1. The van der Waals surface area contributed by atoms with E-state index in [2.05, 4.69) is 31.4 Å². The number of nitrogens with zero attached hydrogens (tertiary/aromatic N) is 2. The molecule has 8 nitrogen and oxygen atoms in total. The van der Waals surface area contributed by atoms with Crippen LogP contribution in [-0.2, 0) is 0 Å². The number of anilines is 1. The highest BCUT2D eigenvalue weighted by molar-refractivity contribution is 9.10. The molecule has 1 N–H and O–H groups in total. The molecule has 0 unspecified atom stereocenters. The molecule has 2 aromatic heterocycles. The highest BCUT2D eigenvalue weighted by Crippen LogP contribution is 2.35. The van der Waals surface area contributed by atoms with Crippen molar-refractivity contribution in [3.8, 4) is 23.0 Å². The smallest absolute Gasteiger partial charge is 0.322 e. The Bertz CT molecular complexity index is 888. The summed E-state index contributed by atoms with van der Waals surface area (Å²) in [6, 6.07) is 8.34. The first-order valence-corrected chi connectivity index (χ1v) is 7.28. The zero-order valence-electron chi connectivity index (χ0n) is 11.4. The number of carbonyl (C=O) groups excluding carboxylic acids is 1. The van der Waals surface area contributed by atoms with Gasteiger partial charge in [-0.2, -0.15) is 0 Å². The molecule has 0 bridgehead atoms. The molecule has 1 aliphatic heterocycles. The van der Waals surface area contributed by atoms with Crippen molar-refractivity contribution in [1.29, 1.82) is 0 Å². The molecule has 1 aromatic carbocycles. The minimum absolute atomic E-state index is 0.0322. The third-order valence-corrected chi connectivity index (χ3v) is 3.49. The first-order chi connectivity index (χ1) is 11.2. The van der Waals surface area contributed by atoms with Gasteiger partial charge in [0.25, 0.3) is 5.91 Å². The van der Waals surface area contributed by atoms with Gasteiger partial charge in [-0.3, -0.25) is 10.1 Å². The van der Waals surface area contributed by atoms with Crippen LogP contribution in [0, 0.1) is 0 Å². The van der Waals surface area contributed by atoms with Crippen LogP contribution < -0.4 is 14.8 Å². The molecule has 3 heterocycles. The molecule has 0 atom stereocenters. The van der Waals surface area contributed by atoms with Gasteiger partial charge in [-0.15, -0.1) is 5.10 Å². The Hall–Kier alpha value is -2.81. The summed E-state index contributed by atoms with van der Waals surface area (Å²) in [5.41, 5.74) is 0.656. The Morgan fingerprint density at radius 3 is 2.78 bits per heavy atom. The van der Waals surface area contributed by atoms with Crippen molar-refractivity contribution in [2.24, 2.45) is 0 Å². The van der Waals surface area contributed by atoms with Crippen LogP contribution in [0.4, 0.5) is 6.01 Å². The summed E-state index contributed by atoms with van der Waals surface area (Å²) in [7, 11) is 0. The average molecular weight is 378 g/mol. The van der Waals surface area contributed by atoms with Gasteiger partial charge in [0, 0.05) is 5.56 Å². The molecule has 116 valence electrons. The fourth-order valence-corrected chi connectivity index (χ4v) is 2.32. The lowest BCUT2D eigenvalue weighted by molar-refractivity contribution is 0.0992. The van der Waals surface area contributed by atoms with E-state index >= 15 is 0 Å². The summed E-state index contributed by atoms with van der Waals surface area (Å²) in [4.78, 5) is 11.9. The number of ether oxygens (including phenoxy) is 2. The summed E-state index contributed by atoms with van der Waals surface area (Å²) in [6.45, 7) is 0.183. The Morgan fingerprint density at radius 1 is 1.09 bits per heavy atom. The van der Waals surface area contributed by atoms with Crippen LogP contribution in [0.2, 0.25) is 0 Å². The summed E-state index contributed by atoms with van der Waals surface area (Å²) in [5, 5.41) is 10.1. The van der Waals surface area contributed by atoms with E-state index in [0.717, 1.165) is 0 Å². The molecule has 3 aromatic rings. The number of hydrogen-bond donors (Lipinski definition) is 1. The van der Waals surface area contributed by atoms with E-state index in [0.29, 0.717) is 21.7 Å². The normalized spacial score (nSPS) is 12.4. The molecular weight excluding hydrogens is 370 g/mol. The van der Waals surface area contributed by atoms with Crippen molar-refractivity contribution in [2.75, 3.05) is 12.1 Å². The van der Waals surface area contributed by atoms with E-state index in [-0.39, 0.29) is 24.5 Å². The SMILES string of the molecule is O=C(Nc1nnc(-c2ccc3c(c2)OCO3)o1)c1ccc(Br)o1. The number of rotatable bonds is 3. The number of hydrogen-bond acceptors (Lipinski definition) is 7. The van der Waals surface area contributed by atoms with Gasteiger partial charge >= 0.3 is 6.01 Å². The van der Waals surface area contributed by atoms with Crippen LogP contribution in [0.5, 0.6) is 11.5 Å². The van der Waals surface area contributed by atoms with Gasteiger partial charge in [0.15, 0.2) is 21.9 Å². The van der Waals surface area contributed by atoms with E-state index < -0.39 is 5.91 Å². The van der Waals surface area contributed by atoms with Gasteiger partial charge in [-0.25, -0.2) is 0 Å². The van der Waals surface area contributed by atoms with Crippen LogP contribution in [0.25, 0.3) is 11.5 Å². The van der Waals surface area contributed by atoms with Crippen LogP contribution in [-0.4, -0.2) is 22.9 Å². The fourth-order valence-electron chi connectivity index (χ4n) is 2.02. The summed E-state index contributed by atoms with van der Waals surface area (Å²) >= 11 is 3.12. The first-order valence-electron chi connectivity index (χ1n) is 6.49. The number of furan rings is 1. The molecule has 0 aliphatic carbocycles. The molecular formula is C14H8BrN3O5. The van der Waals surface area contributed by atoms with Gasteiger partial charge in [0.1, 0.15) is 0 Å².